The summed E-state index contributed by atoms with van der Waals surface area (Å²) in [5.74, 6) is 0.458. The number of rotatable bonds is 4. The number of nitrogens with two attached hydrogens (primary N) is 3. The standard InChI is InChI=1S/C7H11N9.C3H9N3/c1-2-16(15-5-11-12-6-15)7(8)13-14-3-9-10-4-14;1-2-6-3(4)5/h3-6H,2H2,1H3,(H2,8,13);2H2,1H3,(H4,4,5,6). The molecular formula is C10H20N12. The molecule has 0 aliphatic carbocycles. The van der Waals surface area contributed by atoms with Gasteiger partial charge in [0.15, 0.2) is 5.96 Å². The Labute approximate surface area is 127 Å². The highest BCUT2D eigenvalue weighted by atomic mass is 15.6. The largest absolute Gasteiger partial charge is 0.370 e. The molecular weight excluding hydrogens is 288 g/mol. The van der Waals surface area contributed by atoms with Gasteiger partial charge >= 0.3 is 0 Å². The van der Waals surface area contributed by atoms with E-state index >= 15 is 0 Å². The van der Waals surface area contributed by atoms with Crippen molar-refractivity contribution < 1.29 is 0 Å². The van der Waals surface area contributed by atoms with Crippen LogP contribution in [-0.4, -0.2) is 54.8 Å². The molecule has 2 rings (SSSR count). The van der Waals surface area contributed by atoms with E-state index in [4.69, 9.17) is 17.2 Å². The van der Waals surface area contributed by atoms with E-state index in [2.05, 4.69) is 30.5 Å². The Kier molecular flexibility index (Phi) is 6.81. The van der Waals surface area contributed by atoms with Gasteiger partial charge in [0.2, 0.25) is 5.96 Å². The molecule has 12 heteroatoms. The highest BCUT2D eigenvalue weighted by Crippen LogP contribution is 1.90. The van der Waals surface area contributed by atoms with E-state index in [0.717, 1.165) is 0 Å². The van der Waals surface area contributed by atoms with Crippen molar-refractivity contribution in [3.63, 3.8) is 0 Å². The van der Waals surface area contributed by atoms with Gasteiger partial charge in [0.1, 0.15) is 25.3 Å². The summed E-state index contributed by atoms with van der Waals surface area (Å²) in [6.07, 6.45) is 5.98. The van der Waals surface area contributed by atoms with Gasteiger partial charge in [0.25, 0.3) is 0 Å². The van der Waals surface area contributed by atoms with Crippen molar-refractivity contribution in [1.29, 1.82) is 0 Å². The van der Waals surface area contributed by atoms with Gasteiger partial charge in [-0.3, -0.25) is 4.99 Å². The van der Waals surface area contributed by atoms with E-state index in [1.54, 1.807) is 9.69 Å². The monoisotopic (exact) mass is 308 g/mol. The second kappa shape index (κ2) is 8.89. The molecule has 12 nitrogen and oxygen atoms in total. The van der Waals surface area contributed by atoms with Crippen LogP contribution in [-0.2, 0) is 0 Å². The minimum Gasteiger partial charge on any atom is -0.370 e. The normalized spacial score (nSPS) is 10.5. The number of aliphatic imine (C=N–C) groups is 1. The highest BCUT2D eigenvalue weighted by Gasteiger charge is 2.07. The van der Waals surface area contributed by atoms with Crippen molar-refractivity contribution >= 4 is 11.9 Å². The highest BCUT2D eigenvalue weighted by molar-refractivity contribution is 5.87. The summed E-state index contributed by atoms with van der Waals surface area (Å²) < 4.78 is 3.06. The molecule has 0 aliphatic rings. The van der Waals surface area contributed by atoms with Gasteiger partial charge < -0.3 is 17.2 Å². The first kappa shape index (κ1) is 16.9. The van der Waals surface area contributed by atoms with Gasteiger partial charge in [0, 0.05) is 13.1 Å². The maximum atomic E-state index is 5.83. The van der Waals surface area contributed by atoms with E-state index in [9.17, 15) is 0 Å². The third-order valence-corrected chi connectivity index (χ3v) is 2.21. The Morgan fingerprint density at radius 2 is 1.55 bits per heavy atom. The molecule has 0 atom stereocenters. The Morgan fingerprint density at radius 3 is 1.95 bits per heavy atom. The molecule has 0 aromatic carbocycles. The summed E-state index contributed by atoms with van der Waals surface area (Å²) in [6, 6.07) is 0. The van der Waals surface area contributed by atoms with E-state index in [0.29, 0.717) is 19.0 Å². The van der Waals surface area contributed by atoms with Crippen LogP contribution in [0.3, 0.4) is 0 Å². The van der Waals surface area contributed by atoms with Crippen molar-refractivity contribution in [3.8, 4) is 0 Å². The maximum absolute atomic E-state index is 5.83. The second-order valence-corrected chi connectivity index (χ2v) is 3.76. The van der Waals surface area contributed by atoms with Crippen LogP contribution in [0.5, 0.6) is 0 Å². The molecule has 2 aromatic heterocycles. The zero-order chi connectivity index (χ0) is 16.4. The number of aromatic nitrogens is 6. The van der Waals surface area contributed by atoms with Crippen LogP contribution in [0.15, 0.2) is 35.4 Å². The zero-order valence-electron chi connectivity index (χ0n) is 12.5. The second-order valence-electron chi connectivity index (χ2n) is 3.76. The van der Waals surface area contributed by atoms with Crippen LogP contribution in [0.4, 0.5) is 0 Å². The molecule has 0 spiro atoms. The third kappa shape index (κ3) is 5.44. The van der Waals surface area contributed by atoms with Crippen molar-refractivity contribution in [2.24, 2.45) is 27.3 Å². The first-order valence-electron chi connectivity index (χ1n) is 6.45. The molecule has 2 aromatic rings. The van der Waals surface area contributed by atoms with Crippen LogP contribution in [0.2, 0.25) is 0 Å². The summed E-state index contributed by atoms with van der Waals surface area (Å²) >= 11 is 0. The summed E-state index contributed by atoms with van der Waals surface area (Å²) in [5, 5.41) is 20.4. The fraction of sp³-hybridized carbons (Fsp3) is 0.400. The Hall–Kier alpha value is -3.18. The molecule has 0 radical (unpaired) electrons. The quantitative estimate of drug-likeness (QED) is 0.425. The Bertz CT molecular complexity index is 565. The zero-order valence-corrected chi connectivity index (χ0v) is 12.5. The van der Waals surface area contributed by atoms with Crippen molar-refractivity contribution in [1.82, 2.24) is 29.7 Å². The van der Waals surface area contributed by atoms with E-state index in [-0.39, 0.29) is 5.96 Å². The van der Waals surface area contributed by atoms with Gasteiger partial charge in [-0.15, -0.1) is 25.5 Å². The number of hydrogen-bond donors (Lipinski definition) is 3. The summed E-state index contributed by atoms with van der Waals surface area (Å²) in [4.78, 5) is 3.60. The van der Waals surface area contributed by atoms with Crippen LogP contribution in [0, 0.1) is 0 Å². The van der Waals surface area contributed by atoms with Crippen LogP contribution in [0.25, 0.3) is 0 Å². The average molecular weight is 308 g/mol. The van der Waals surface area contributed by atoms with Gasteiger partial charge in [-0.05, 0) is 13.8 Å². The van der Waals surface area contributed by atoms with Crippen LogP contribution in [0.1, 0.15) is 13.8 Å². The molecule has 0 aliphatic heterocycles. The van der Waals surface area contributed by atoms with Crippen molar-refractivity contribution in [2.45, 2.75) is 13.8 Å². The number of hydrogen-bond acceptors (Lipinski definition) is 6. The number of guanidine groups is 2. The molecule has 0 amide bonds. The van der Waals surface area contributed by atoms with Crippen LogP contribution < -0.4 is 22.2 Å². The third-order valence-electron chi connectivity index (χ3n) is 2.21. The van der Waals surface area contributed by atoms with Crippen molar-refractivity contribution in [3.05, 3.63) is 25.3 Å². The Balaban J connectivity index is 0.000000346. The van der Waals surface area contributed by atoms with Gasteiger partial charge in [-0.25, -0.2) is 14.4 Å². The molecule has 0 unspecified atom stereocenters. The minimum atomic E-state index is 0.164. The first-order valence-corrected chi connectivity index (χ1v) is 6.45. The SMILES string of the molecule is CCN(C(N)=Nn1cnnc1)n1cnnc1.CCN=C(N)N. The lowest BCUT2D eigenvalue weighted by atomic mass is 10.7. The smallest absolute Gasteiger partial charge is 0.234 e. The van der Waals surface area contributed by atoms with Gasteiger partial charge in [-0.1, -0.05) is 0 Å². The summed E-state index contributed by atoms with van der Waals surface area (Å²) in [5.41, 5.74) is 15.7. The molecule has 6 N–H and O–H groups in total. The van der Waals surface area contributed by atoms with Gasteiger partial charge in [0.05, 0.1) is 0 Å². The maximum Gasteiger partial charge on any atom is 0.234 e. The van der Waals surface area contributed by atoms with E-state index in [1.165, 1.54) is 30.0 Å². The molecule has 0 bridgehead atoms. The van der Waals surface area contributed by atoms with Gasteiger partial charge in [-0.2, -0.15) is 0 Å². The average Bonchev–Trinajstić information content (AvgIpc) is 3.13. The lowest BCUT2D eigenvalue weighted by Crippen LogP contribution is -2.45. The Morgan fingerprint density at radius 1 is 1.00 bits per heavy atom. The predicted octanol–water partition coefficient (Wildman–Crippen LogP) is -2.11. The fourth-order valence-electron chi connectivity index (χ4n) is 1.36. The van der Waals surface area contributed by atoms with E-state index in [1.807, 2.05) is 13.8 Å². The first-order chi connectivity index (χ1) is 10.6. The lowest BCUT2D eigenvalue weighted by Gasteiger charge is -2.20. The number of nitrogens with zero attached hydrogens (tertiary/aromatic N) is 9. The molecule has 0 saturated heterocycles. The molecule has 120 valence electrons. The molecule has 22 heavy (non-hydrogen) atoms. The molecule has 0 fully saturated rings. The topological polar surface area (TPSA) is 167 Å². The lowest BCUT2D eigenvalue weighted by molar-refractivity contribution is 0.713. The summed E-state index contributed by atoms with van der Waals surface area (Å²) in [7, 11) is 0. The van der Waals surface area contributed by atoms with E-state index < -0.39 is 0 Å². The minimum absolute atomic E-state index is 0.164. The summed E-state index contributed by atoms with van der Waals surface area (Å²) in [6.45, 7) is 5.12. The molecule has 0 saturated carbocycles. The van der Waals surface area contributed by atoms with Crippen molar-refractivity contribution in [2.75, 3.05) is 18.1 Å². The predicted molar refractivity (Wildman–Crippen MR) is 82.2 cm³/mol. The molecule has 2 heterocycles. The fourth-order valence-corrected chi connectivity index (χ4v) is 1.36. The van der Waals surface area contributed by atoms with Crippen LogP contribution >= 0.6 is 0 Å².